The summed E-state index contributed by atoms with van der Waals surface area (Å²) in [5.74, 6) is 0. The molecule has 0 bridgehead atoms. The third kappa shape index (κ3) is 11.1. The summed E-state index contributed by atoms with van der Waals surface area (Å²) >= 11 is 0. The second-order valence-electron chi connectivity index (χ2n) is 0.848. The van der Waals surface area contributed by atoms with Crippen LogP contribution in [0.5, 0.6) is 0 Å². The van der Waals surface area contributed by atoms with Crippen LogP contribution in [0.1, 0.15) is 0 Å². The first kappa shape index (κ1) is 11.2. The van der Waals surface area contributed by atoms with Crippen molar-refractivity contribution in [3.8, 4) is 0 Å². The first-order chi connectivity index (χ1) is 3.42. The van der Waals surface area contributed by atoms with Gasteiger partial charge in [0.25, 0.3) is 0 Å². The molecular weight excluding hydrogens is 153 g/mol. The molecule has 0 aromatic rings. The van der Waals surface area contributed by atoms with Crippen LogP contribution in [0.25, 0.3) is 0 Å². The van der Waals surface area contributed by atoms with Crippen LogP contribution < -0.4 is 6.15 Å². The summed E-state index contributed by atoms with van der Waals surface area (Å²) in [5.41, 5.74) is 0. The van der Waals surface area contributed by atoms with Gasteiger partial charge in [0.1, 0.15) is 0 Å². The van der Waals surface area contributed by atoms with Gasteiger partial charge in [-0.15, -0.1) is 0 Å². The molecule has 0 saturated heterocycles. The second kappa shape index (κ2) is 3.41. The fourth-order valence-corrected chi connectivity index (χ4v) is 0.305. The Morgan fingerprint density at radius 3 is 1.78 bits per heavy atom. The summed E-state index contributed by atoms with van der Waals surface area (Å²) in [6, 6.07) is 0. The van der Waals surface area contributed by atoms with Crippen molar-refractivity contribution in [2.45, 2.75) is 0 Å². The minimum Gasteiger partial charge on any atom is -0.449 e. The van der Waals surface area contributed by atoms with E-state index in [0.717, 1.165) is 0 Å². The lowest BCUT2D eigenvalue weighted by Crippen LogP contribution is -1.95. The van der Waals surface area contributed by atoms with Crippen molar-refractivity contribution in [3.63, 3.8) is 0 Å². The van der Waals surface area contributed by atoms with E-state index in [1.54, 1.807) is 0 Å². The SMILES string of the molecule is N.O=C(O)OP(=O)(O)O. The molecule has 0 aliphatic rings. The Morgan fingerprint density at radius 1 is 1.44 bits per heavy atom. The maximum Gasteiger partial charge on any atom is 0.529 e. The van der Waals surface area contributed by atoms with Crippen molar-refractivity contribution in [1.29, 1.82) is 0 Å². The molecule has 7 nitrogen and oxygen atoms in total. The van der Waals surface area contributed by atoms with Crippen molar-refractivity contribution in [2.75, 3.05) is 0 Å². The number of phosphoric acid groups is 1. The highest BCUT2D eigenvalue weighted by Gasteiger charge is 2.18. The van der Waals surface area contributed by atoms with Crippen LogP contribution in [0.15, 0.2) is 0 Å². The Morgan fingerprint density at radius 2 is 1.78 bits per heavy atom. The highest BCUT2D eigenvalue weighted by Crippen LogP contribution is 2.35. The Labute approximate surface area is 50.1 Å². The van der Waals surface area contributed by atoms with Crippen molar-refractivity contribution < 1.29 is 28.8 Å². The maximum absolute atomic E-state index is 9.53. The molecule has 0 aliphatic carbocycles. The van der Waals surface area contributed by atoms with Gasteiger partial charge in [0.2, 0.25) is 0 Å². The minimum atomic E-state index is -4.82. The summed E-state index contributed by atoms with van der Waals surface area (Å²) in [6.07, 6.45) is -1.99. The summed E-state index contributed by atoms with van der Waals surface area (Å²) in [7, 11) is -4.82. The van der Waals surface area contributed by atoms with Crippen molar-refractivity contribution in [1.82, 2.24) is 6.15 Å². The van der Waals surface area contributed by atoms with Crippen LogP contribution >= 0.6 is 7.82 Å². The molecule has 0 amide bonds. The van der Waals surface area contributed by atoms with Crippen LogP contribution in [-0.2, 0) is 9.09 Å². The fraction of sp³-hybridized carbons (Fsp3) is 0. The standard InChI is InChI=1S/CH3O6P.H3N/c2-1(3)7-8(4,5)6;/h(H,2,3)(H2,4,5,6);1H3. The van der Waals surface area contributed by atoms with Gasteiger partial charge in [-0.05, 0) is 0 Å². The smallest absolute Gasteiger partial charge is 0.449 e. The number of hydrogen-bond donors (Lipinski definition) is 4. The summed E-state index contributed by atoms with van der Waals surface area (Å²) in [6.45, 7) is 0. The van der Waals surface area contributed by atoms with E-state index >= 15 is 0 Å². The molecule has 8 heteroatoms. The van der Waals surface area contributed by atoms with Gasteiger partial charge in [0, 0.05) is 0 Å². The molecule has 0 spiro atoms. The molecule has 0 aliphatic heterocycles. The maximum atomic E-state index is 9.53. The van der Waals surface area contributed by atoms with Crippen LogP contribution in [0.4, 0.5) is 4.79 Å². The zero-order chi connectivity index (χ0) is 6.78. The van der Waals surface area contributed by atoms with Gasteiger partial charge in [-0.25, -0.2) is 9.36 Å². The molecule has 0 saturated carbocycles. The number of rotatable bonds is 1. The van der Waals surface area contributed by atoms with Crippen LogP contribution in [0.2, 0.25) is 0 Å². The van der Waals surface area contributed by atoms with E-state index in [-0.39, 0.29) is 6.15 Å². The summed E-state index contributed by atoms with van der Waals surface area (Å²) < 4.78 is 12.6. The first-order valence-corrected chi connectivity index (χ1v) is 2.93. The Balaban J connectivity index is 0. The molecule has 0 fully saturated rings. The molecule has 0 atom stereocenters. The highest BCUT2D eigenvalue weighted by atomic mass is 31.2. The third-order valence-corrected chi connectivity index (χ3v) is 0.591. The third-order valence-electron chi connectivity index (χ3n) is 0.197. The van der Waals surface area contributed by atoms with Gasteiger partial charge in [-0.2, -0.15) is 0 Å². The highest BCUT2D eigenvalue weighted by molar-refractivity contribution is 7.46. The molecule has 0 rings (SSSR count). The van der Waals surface area contributed by atoms with Gasteiger partial charge in [-0.3, -0.25) is 9.79 Å². The van der Waals surface area contributed by atoms with E-state index in [4.69, 9.17) is 14.9 Å². The van der Waals surface area contributed by atoms with E-state index in [1.165, 1.54) is 0 Å². The van der Waals surface area contributed by atoms with E-state index < -0.39 is 14.0 Å². The Kier molecular flexibility index (Phi) is 4.25. The molecule has 0 radical (unpaired) electrons. The molecular formula is CH6NO6P. The monoisotopic (exact) mass is 159 g/mol. The molecule has 6 N–H and O–H groups in total. The molecule has 0 unspecified atom stereocenters. The average Bonchev–Trinajstić information content (AvgIpc) is 1.21. The lowest BCUT2D eigenvalue weighted by molar-refractivity contribution is 0.126. The largest absolute Gasteiger partial charge is 0.529 e. The minimum absolute atomic E-state index is 0. The Bertz CT molecular complexity index is 136. The zero-order valence-corrected chi connectivity index (χ0v) is 5.12. The quantitative estimate of drug-likeness (QED) is 0.392. The summed E-state index contributed by atoms with van der Waals surface area (Å²) in [4.78, 5) is 24.7. The van der Waals surface area contributed by atoms with Gasteiger partial charge < -0.3 is 15.8 Å². The lowest BCUT2D eigenvalue weighted by atomic mass is 11.5. The average molecular weight is 159 g/mol. The van der Waals surface area contributed by atoms with Gasteiger partial charge >= 0.3 is 14.0 Å². The van der Waals surface area contributed by atoms with Gasteiger partial charge in [0.05, 0.1) is 0 Å². The lowest BCUT2D eigenvalue weighted by Gasteiger charge is -1.97. The normalized spacial score (nSPS) is 9.56. The Hall–Kier alpha value is -0.620. The number of phosphoric ester groups is 1. The number of carbonyl (C=O) groups is 1. The van der Waals surface area contributed by atoms with E-state index in [0.29, 0.717) is 0 Å². The first-order valence-electron chi connectivity index (χ1n) is 1.40. The fourth-order valence-electron chi connectivity index (χ4n) is 0.102. The van der Waals surface area contributed by atoms with Crippen LogP contribution in [-0.4, -0.2) is 21.0 Å². The predicted molar refractivity (Wildman–Crippen MR) is 26.2 cm³/mol. The molecule has 56 valence electrons. The molecule has 0 aromatic heterocycles. The molecule has 0 heterocycles. The van der Waals surface area contributed by atoms with E-state index in [9.17, 15) is 9.36 Å². The second-order valence-corrected chi connectivity index (χ2v) is 2.01. The predicted octanol–water partition coefficient (Wildman–Crippen LogP) is -0.0643. The van der Waals surface area contributed by atoms with Crippen molar-refractivity contribution in [2.24, 2.45) is 0 Å². The zero-order valence-electron chi connectivity index (χ0n) is 4.22. The summed E-state index contributed by atoms with van der Waals surface area (Å²) in [5, 5.41) is 7.53. The van der Waals surface area contributed by atoms with Crippen LogP contribution in [0.3, 0.4) is 0 Å². The topological polar surface area (TPSA) is 139 Å². The van der Waals surface area contributed by atoms with E-state index in [1.807, 2.05) is 0 Å². The van der Waals surface area contributed by atoms with Gasteiger partial charge in [-0.1, -0.05) is 0 Å². The van der Waals surface area contributed by atoms with Crippen molar-refractivity contribution in [3.05, 3.63) is 0 Å². The number of carboxylic acid groups (broad SMARTS) is 1. The van der Waals surface area contributed by atoms with Crippen LogP contribution in [0, 0.1) is 0 Å². The van der Waals surface area contributed by atoms with E-state index in [2.05, 4.69) is 4.52 Å². The molecule has 0 aromatic carbocycles. The number of hydrogen-bond acceptors (Lipinski definition) is 4. The molecule has 9 heavy (non-hydrogen) atoms. The van der Waals surface area contributed by atoms with Crippen molar-refractivity contribution >= 4 is 14.0 Å². The van der Waals surface area contributed by atoms with Gasteiger partial charge in [0.15, 0.2) is 0 Å².